The summed E-state index contributed by atoms with van der Waals surface area (Å²) >= 11 is 1.72. The molecule has 0 amide bonds. The molecule has 0 spiro atoms. The normalized spacial score (nSPS) is 36.3. The van der Waals surface area contributed by atoms with Gasteiger partial charge < -0.3 is 0 Å². The number of unbranched alkanes of at least 4 members (excludes halogenated alkanes) is 10. The Morgan fingerprint density at radius 2 is 1.50 bits per heavy atom. The fraction of sp³-hybridized carbons (Fsp3) is 0.917. The maximum atomic E-state index is 12.7. The molecule has 4 rings (SSSR count). The molecule has 4 aliphatic carbocycles. The smallest absolute Gasteiger partial charge is 0.189 e. The van der Waals surface area contributed by atoms with Gasteiger partial charge in [-0.25, -0.2) is 0 Å². The fourth-order valence-electron chi connectivity index (χ4n) is 9.78. The van der Waals surface area contributed by atoms with Gasteiger partial charge >= 0.3 is 0 Å². The number of hydrogen-bond acceptors (Lipinski definition) is 2. The molecule has 0 heterocycles. The standard InChI is InChI=1S/C36H62OS/c1-5-7-9-11-13-15-17-28-20-22-32-31-21-19-29-27-30(38-34(37)18-16-14-12-10-8-6-2)23-25-36(29,4)33(31)24-26-35(28,32)3/h19,28,30-33H,5-18,20-27H2,1-4H3/t28-,30-,31-,32+,33-,35+,36-/m0/s1. The highest BCUT2D eigenvalue weighted by molar-refractivity contribution is 8.14. The van der Waals surface area contributed by atoms with Crippen molar-refractivity contribution in [3.63, 3.8) is 0 Å². The van der Waals surface area contributed by atoms with Crippen molar-refractivity contribution in [1.29, 1.82) is 0 Å². The molecule has 0 radical (unpaired) electrons. The zero-order valence-corrected chi connectivity index (χ0v) is 26.7. The van der Waals surface area contributed by atoms with E-state index < -0.39 is 0 Å². The lowest BCUT2D eigenvalue weighted by molar-refractivity contribution is -0.111. The molecule has 218 valence electrons. The molecule has 0 N–H and O–H groups in total. The Labute approximate surface area is 241 Å². The van der Waals surface area contributed by atoms with Crippen molar-refractivity contribution in [1.82, 2.24) is 0 Å². The maximum Gasteiger partial charge on any atom is 0.189 e. The van der Waals surface area contributed by atoms with E-state index >= 15 is 0 Å². The largest absolute Gasteiger partial charge is 0.287 e. The van der Waals surface area contributed by atoms with Gasteiger partial charge in [0.05, 0.1) is 0 Å². The van der Waals surface area contributed by atoms with Crippen LogP contribution in [0.3, 0.4) is 0 Å². The third-order valence-corrected chi connectivity index (χ3v) is 13.4. The average Bonchev–Trinajstić information content (AvgIpc) is 3.24. The monoisotopic (exact) mass is 542 g/mol. The third kappa shape index (κ3) is 7.15. The highest BCUT2D eigenvalue weighted by atomic mass is 32.2. The fourth-order valence-corrected chi connectivity index (χ4v) is 10.9. The van der Waals surface area contributed by atoms with Gasteiger partial charge in [-0.15, -0.1) is 0 Å². The van der Waals surface area contributed by atoms with Crippen LogP contribution in [-0.2, 0) is 4.79 Å². The number of carbonyl (C=O) groups is 1. The molecule has 2 heteroatoms. The van der Waals surface area contributed by atoms with Crippen LogP contribution in [0.2, 0.25) is 0 Å². The van der Waals surface area contributed by atoms with Crippen LogP contribution in [0.5, 0.6) is 0 Å². The van der Waals surface area contributed by atoms with Gasteiger partial charge in [-0.3, -0.25) is 4.79 Å². The highest BCUT2D eigenvalue weighted by Crippen LogP contribution is 2.67. The van der Waals surface area contributed by atoms with Crippen molar-refractivity contribution >= 4 is 16.9 Å². The Hall–Kier alpha value is -0.240. The maximum absolute atomic E-state index is 12.7. The zero-order valence-electron chi connectivity index (χ0n) is 25.8. The summed E-state index contributed by atoms with van der Waals surface area (Å²) in [6.45, 7) is 9.95. The summed E-state index contributed by atoms with van der Waals surface area (Å²) in [6, 6.07) is 0. The second-order valence-corrected chi connectivity index (χ2v) is 15.9. The second kappa shape index (κ2) is 14.6. The van der Waals surface area contributed by atoms with E-state index in [0.717, 1.165) is 36.5 Å². The van der Waals surface area contributed by atoms with Gasteiger partial charge in [0.25, 0.3) is 0 Å². The van der Waals surface area contributed by atoms with Crippen LogP contribution in [0.1, 0.15) is 169 Å². The zero-order chi connectivity index (χ0) is 27.0. The first-order valence-corrected chi connectivity index (χ1v) is 18.2. The summed E-state index contributed by atoms with van der Waals surface area (Å²) < 4.78 is 0. The molecule has 0 unspecified atom stereocenters. The van der Waals surface area contributed by atoms with Crippen molar-refractivity contribution in [2.24, 2.45) is 34.5 Å². The predicted molar refractivity (Wildman–Crippen MR) is 168 cm³/mol. The predicted octanol–water partition coefficient (Wildman–Crippen LogP) is 11.7. The molecule has 0 aromatic carbocycles. The summed E-state index contributed by atoms with van der Waals surface area (Å²) in [5.41, 5.74) is 2.78. The van der Waals surface area contributed by atoms with Crippen LogP contribution >= 0.6 is 11.8 Å². The summed E-state index contributed by atoms with van der Waals surface area (Å²) in [7, 11) is 0. The van der Waals surface area contributed by atoms with Crippen LogP contribution in [0.4, 0.5) is 0 Å². The number of thioether (sulfide) groups is 1. The van der Waals surface area contributed by atoms with Crippen LogP contribution < -0.4 is 0 Å². The second-order valence-electron chi connectivity index (χ2n) is 14.5. The number of fused-ring (bicyclic) bond motifs is 5. The molecule has 0 aromatic heterocycles. The summed E-state index contributed by atoms with van der Waals surface area (Å²) in [5, 5.41) is 1.01. The van der Waals surface area contributed by atoms with E-state index in [1.165, 1.54) is 128 Å². The Morgan fingerprint density at radius 3 is 2.24 bits per heavy atom. The third-order valence-electron chi connectivity index (χ3n) is 12.2. The first-order chi connectivity index (χ1) is 18.4. The van der Waals surface area contributed by atoms with Gasteiger partial charge in [0.2, 0.25) is 0 Å². The Balaban J connectivity index is 1.27. The van der Waals surface area contributed by atoms with E-state index in [1.807, 2.05) is 0 Å². The number of carbonyl (C=O) groups excluding carboxylic acids is 1. The molecular weight excluding hydrogens is 480 g/mol. The molecule has 0 saturated heterocycles. The molecule has 3 saturated carbocycles. The topological polar surface area (TPSA) is 17.1 Å². The van der Waals surface area contributed by atoms with Crippen LogP contribution in [0.15, 0.2) is 11.6 Å². The Bertz CT molecular complexity index is 771. The lowest BCUT2D eigenvalue weighted by atomic mass is 9.47. The number of rotatable bonds is 15. The molecule has 0 bridgehead atoms. The number of allylic oxidation sites excluding steroid dienone is 2. The SMILES string of the molecule is CCCCCCCCC(=O)S[C@H]1CC[C@@]2(C)C(=CC[C@H]3[C@H]4CC[C@H](CCCCCCCC)[C@@]4(C)CC[C@@H]32)C1. The van der Waals surface area contributed by atoms with Gasteiger partial charge in [-0.1, -0.05) is 122 Å². The quantitative estimate of drug-likeness (QED) is 0.151. The molecule has 0 aromatic rings. The molecule has 0 aliphatic heterocycles. The minimum absolute atomic E-state index is 0.418. The van der Waals surface area contributed by atoms with Gasteiger partial charge in [0.15, 0.2) is 5.12 Å². The molecule has 4 aliphatic rings. The lowest BCUT2D eigenvalue weighted by Crippen LogP contribution is -2.50. The van der Waals surface area contributed by atoms with Gasteiger partial charge in [0, 0.05) is 11.7 Å². The van der Waals surface area contributed by atoms with Gasteiger partial charge in [-0.2, -0.15) is 0 Å². The molecule has 1 nitrogen and oxygen atoms in total. The van der Waals surface area contributed by atoms with E-state index in [1.54, 1.807) is 17.3 Å². The van der Waals surface area contributed by atoms with Crippen molar-refractivity contribution < 1.29 is 4.79 Å². The Morgan fingerprint density at radius 1 is 0.816 bits per heavy atom. The molecule has 7 atom stereocenters. The van der Waals surface area contributed by atoms with E-state index in [0.29, 0.717) is 21.2 Å². The minimum Gasteiger partial charge on any atom is -0.287 e. The van der Waals surface area contributed by atoms with Crippen LogP contribution in [0.25, 0.3) is 0 Å². The van der Waals surface area contributed by atoms with E-state index in [9.17, 15) is 4.79 Å². The van der Waals surface area contributed by atoms with Crippen molar-refractivity contribution in [2.45, 2.75) is 174 Å². The van der Waals surface area contributed by atoms with E-state index in [2.05, 4.69) is 33.8 Å². The lowest BCUT2D eigenvalue weighted by Gasteiger charge is -2.58. The highest BCUT2D eigenvalue weighted by Gasteiger charge is 2.58. The van der Waals surface area contributed by atoms with E-state index in [-0.39, 0.29) is 0 Å². The van der Waals surface area contributed by atoms with Gasteiger partial charge in [0.1, 0.15) is 0 Å². The van der Waals surface area contributed by atoms with Crippen molar-refractivity contribution in [2.75, 3.05) is 0 Å². The molecule has 38 heavy (non-hydrogen) atoms. The number of hydrogen-bond donors (Lipinski definition) is 0. The Kier molecular flexibility index (Phi) is 11.8. The first-order valence-electron chi connectivity index (χ1n) is 17.3. The summed E-state index contributed by atoms with van der Waals surface area (Å²) in [5.74, 6) is 3.78. The van der Waals surface area contributed by atoms with Gasteiger partial charge in [-0.05, 0) is 98.7 Å². The van der Waals surface area contributed by atoms with E-state index in [4.69, 9.17) is 0 Å². The molecule has 3 fully saturated rings. The minimum atomic E-state index is 0.418. The van der Waals surface area contributed by atoms with Crippen LogP contribution in [0, 0.1) is 34.5 Å². The molecular formula is C36H62OS. The average molecular weight is 543 g/mol. The summed E-state index contributed by atoms with van der Waals surface area (Å²) in [4.78, 5) is 12.7. The summed E-state index contributed by atoms with van der Waals surface area (Å²) in [6.07, 6.45) is 32.3. The first kappa shape index (κ1) is 30.7. The van der Waals surface area contributed by atoms with Crippen LogP contribution in [-0.4, -0.2) is 10.4 Å². The van der Waals surface area contributed by atoms with Crippen molar-refractivity contribution in [3.8, 4) is 0 Å². The van der Waals surface area contributed by atoms with Crippen molar-refractivity contribution in [3.05, 3.63) is 11.6 Å².